The fourth-order valence-electron chi connectivity index (χ4n) is 3.68. The van der Waals surface area contributed by atoms with Gasteiger partial charge in [-0.25, -0.2) is 4.79 Å². The van der Waals surface area contributed by atoms with Gasteiger partial charge in [0.05, 0.1) is 6.04 Å². The Bertz CT molecular complexity index is 789. The maximum absolute atomic E-state index is 13.0. The van der Waals surface area contributed by atoms with Crippen LogP contribution in [0.1, 0.15) is 58.8 Å². The standard InChI is InChI=1S/C21H35N5O8/c1-3-11(2)17(21(33)34)25-18(30)13(7-8-15(23)27)24-19(31)14-5-4-10-26(14)20(32)12(22)6-9-16(28)29/h11-14,17H,3-10,22H2,1-2H3,(H2,23,27)(H,24,31)(H,25,30)(H,28,29)(H,33,34). The third kappa shape index (κ3) is 8.61. The van der Waals surface area contributed by atoms with Crippen LogP contribution in [0.2, 0.25) is 0 Å². The molecule has 5 atom stereocenters. The number of amides is 4. The first-order chi connectivity index (χ1) is 15.9. The number of nitrogens with zero attached hydrogens (tertiary/aromatic N) is 1. The van der Waals surface area contributed by atoms with Gasteiger partial charge in [-0.15, -0.1) is 0 Å². The molecule has 5 unspecified atom stereocenters. The molecule has 0 bridgehead atoms. The summed E-state index contributed by atoms with van der Waals surface area (Å²) in [7, 11) is 0. The summed E-state index contributed by atoms with van der Waals surface area (Å²) < 4.78 is 0. The Hall–Kier alpha value is -3.22. The molecule has 1 aliphatic heterocycles. The molecule has 34 heavy (non-hydrogen) atoms. The van der Waals surface area contributed by atoms with Crippen LogP contribution in [0.4, 0.5) is 0 Å². The summed E-state index contributed by atoms with van der Waals surface area (Å²) in [5.41, 5.74) is 11.0. The lowest BCUT2D eigenvalue weighted by Gasteiger charge is -2.29. The van der Waals surface area contributed by atoms with Crippen LogP contribution in [0, 0.1) is 5.92 Å². The summed E-state index contributed by atoms with van der Waals surface area (Å²) in [6.45, 7) is 3.67. The summed E-state index contributed by atoms with van der Waals surface area (Å²) in [5, 5.41) is 23.1. The van der Waals surface area contributed by atoms with Crippen LogP contribution in [0.5, 0.6) is 0 Å². The van der Waals surface area contributed by atoms with Crippen LogP contribution in [0.25, 0.3) is 0 Å². The number of carbonyl (C=O) groups excluding carboxylic acids is 4. The normalized spacial score (nSPS) is 18.9. The van der Waals surface area contributed by atoms with Gasteiger partial charge in [-0.1, -0.05) is 20.3 Å². The highest BCUT2D eigenvalue weighted by molar-refractivity contribution is 5.94. The number of carbonyl (C=O) groups is 6. The van der Waals surface area contributed by atoms with Gasteiger partial charge in [-0.2, -0.15) is 0 Å². The van der Waals surface area contributed by atoms with Gasteiger partial charge in [0.2, 0.25) is 23.6 Å². The summed E-state index contributed by atoms with van der Waals surface area (Å²) in [6, 6.07) is -4.46. The maximum Gasteiger partial charge on any atom is 0.326 e. The van der Waals surface area contributed by atoms with Crippen LogP contribution in [0.15, 0.2) is 0 Å². The molecule has 1 heterocycles. The van der Waals surface area contributed by atoms with E-state index in [0.29, 0.717) is 19.3 Å². The van der Waals surface area contributed by atoms with Gasteiger partial charge < -0.3 is 37.2 Å². The highest BCUT2D eigenvalue weighted by Gasteiger charge is 2.38. The van der Waals surface area contributed by atoms with Crippen molar-refractivity contribution in [1.29, 1.82) is 0 Å². The van der Waals surface area contributed by atoms with Gasteiger partial charge in [0.25, 0.3) is 0 Å². The number of hydrogen-bond donors (Lipinski definition) is 6. The first kappa shape index (κ1) is 28.8. The van der Waals surface area contributed by atoms with Crippen molar-refractivity contribution in [1.82, 2.24) is 15.5 Å². The average Bonchev–Trinajstić information content (AvgIpc) is 3.26. The zero-order valence-corrected chi connectivity index (χ0v) is 19.5. The molecule has 0 radical (unpaired) electrons. The minimum atomic E-state index is -1.25. The Kier molecular flexibility index (Phi) is 11.4. The number of likely N-dealkylation sites (tertiary alicyclic amines) is 1. The molecule has 0 aromatic rings. The van der Waals surface area contributed by atoms with Gasteiger partial charge >= 0.3 is 11.9 Å². The van der Waals surface area contributed by atoms with Crippen molar-refractivity contribution in [2.45, 2.75) is 83.0 Å². The first-order valence-corrected chi connectivity index (χ1v) is 11.3. The monoisotopic (exact) mass is 485 g/mol. The van der Waals surface area contributed by atoms with Crippen LogP contribution in [-0.4, -0.2) is 81.4 Å². The first-order valence-electron chi connectivity index (χ1n) is 11.3. The molecule has 0 aromatic heterocycles. The quantitative estimate of drug-likeness (QED) is 0.169. The number of aliphatic carboxylic acids is 2. The lowest BCUT2D eigenvalue weighted by Crippen LogP contribution is -2.57. The summed E-state index contributed by atoms with van der Waals surface area (Å²) in [6.07, 6.45) is 0.520. The molecule has 1 rings (SSSR count). The van der Waals surface area contributed by atoms with Gasteiger partial charge in [0.15, 0.2) is 0 Å². The highest BCUT2D eigenvalue weighted by atomic mass is 16.4. The van der Waals surface area contributed by atoms with E-state index in [-0.39, 0.29) is 38.1 Å². The molecule has 0 saturated carbocycles. The van der Waals surface area contributed by atoms with Gasteiger partial charge in [-0.3, -0.25) is 24.0 Å². The predicted molar refractivity (Wildman–Crippen MR) is 119 cm³/mol. The molecular formula is C21H35N5O8. The number of carboxylic acids is 2. The molecule has 8 N–H and O–H groups in total. The number of rotatable bonds is 14. The number of carboxylic acid groups (broad SMARTS) is 2. The molecule has 0 aromatic carbocycles. The second kappa shape index (κ2) is 13.5. The molecule has 0 aliphatic carbocycles. The molecule has 1 fully saturated rings. The number of nitrogens with one attached hydrogen (secondary N) is 2. The van der Waals surface area contributed by atoms with Crippen molar-refractivity contribution in [2.24, 2.45) is 17.4 Å². The molecular weight excluding hydrogens is 450 g/mol. The Balaban J connectivity index is 2.95. The van der Waals surface area contributed by atoms with E-state index in [9.17, 15) is 33.9 Å². The van der Waals surface area contributed by atoms with Crippen LogP contribution in [-0.2, 0) is 28.8 Å². The predicted octanol–water partition coefficient (Wildman–Crippen LogP) is -1.46. The Morgan fingerprint density at radius 1 is 1.06 bits per heavy atom. The number of nitrogens with two attached hydrogens (primary N) is 2. The van der Waals surface area contributed by atoms with Crippen LogP contribution < -0.4 is 22.1 Å². The van der Waals surface area contributed by atoms with Crippen LogP contribution in [0.3, 0.4) is 0 Å². The number of primary amides is 1. The van der Waals surface area contributed by atoms with E-state index in [1.54, 1.807) is 13.8 Å². The van der Waals surface area contributed by atoms with Gasteiger partial charge in [-0.05, 0) is 31.6 Å². The third-order valence-electron chi connectivity index (χ3n) is 5.91. The molecule has 192 valence electrons. The Labute approximate surface area is 197 Å². The SMILES string of the molecule is CCC(C)C(NC(=O)C(CCC(N)=O)NC(=O)C1CCCN1C(=O)C(N)CCC(=O)O)C(=O)O. The fraction of sp³-hybridized carbons (Fsp3) is 0.714. The van der Waals surface area contributed by atoms with E-state index in [4.69, 9.17) is 16.6 Å². The largest absolute Gasteiger partial charge is 0.481 e. The van der Waals surface area contributed by atoms with E-state index >= 15 is 0 Å². The number of hydrogen-bond acceptors (Lipinski definition) is 7. The molecule has 0 spiro atoms. The van der Waals surface area contributed by atoms with Crippen molar-refractivity contribution >= 4 is 35.6 Å². The fourth-order valence-corrected chi connectivity index (χ4v) is 3.68. The summed E-state index contributed by atoms with van der Waals surface area (Å²) in [4.78, 5) is 73.3. The van der Waals surface area contributed by atoms with E-state index in [1.165, 1.54) is 4.90 Å². The van der Waals surface area contributed by atoms with Crippen molar-refractivity contribution < 1.29 is 39.0 Å². The van der Waals surface area contributed by atoms with E-state index in [2.05, 4.69) is 10.6 Å². The maximum atomic E-state index is 13.0. The molecule has 4 amide bonds. The zero-order chi connectivity index (χ0) is 26.0. The molecule has 1 saturated heterocycles. The second-order valence-electron chi connectivity index (χ2n) is 8.50. The highest BCUT2D eigenvalue weighted by Crippen LogP contribution is 2.20. The molecule has 13 heteroatoms. The molecule has 13 nitrogen and oxygen atoms in total. The lowest BCUT2D eigenvalue weighted by atomic mass is 9.98. The Morgan fingerprint density at radius 2 is 1.71 bits per heavy atom. The second-order valence-corrected chi connectivity index (χ2v) is 8.50. The smallest absolute Gasteiger partial charge is 0.326 e. The van der Waals surface area contributed by atoms with Crippen molar-refractivity contribution in [3.63, 3.8) is 0 Å². The summed E-state index contributed by atoms with van der Waals surface area (Å²) >= 11 is 0. The lowest BCUT2D eigenvalue weighted by molar-refractivity contribution is -0.144. The summed E-state index contributed by atoms with van der Waals surface area (Å²) in [5.74, 6) is -5.42. The van der Waals surface area contributed by atoms with Gasteiger partial charge in [0.1, 0.15) is 18.1 Å². The van der Waals surface area contributed by atoms with E-state index < -0.39 is 59.7 Å². The average molecular weight is 486 g/mol. The van der Waals surface area contributed by atoms with E-state index in [0.717, 1.165) is 0 Å². The molecule has 1 aliphatic rings. The van der Waals surface area contributed by atoms with E-state index in [1.807, 2.05) is 0 Å². The van der Waals surface area contributed by atoms with Crippen molar-refractivity contribution in [2.75, 3.05) is 6.54 Å². The minimum absolute atomic E-state index is 0.0885. The minimum Gasteiger partial charge on any atom is -0.481 e. The Morgan fingerprint density at radius 3 is 2.24 bits per heavy atom. The van der Waals surface area contributed by atoms with Gasteiger partial charge in [0, 0.05) is 19.4 Å². The third-order valence-corrected chi connectivity index (χ3v) is 5.91. The van der Waals surface area contributed by atoms with Crippen molar-refractivity contribution in [3.8, 4) is 0 Å². The topological polar surface area (TPSA) is 222 Å². The van der Waals surface area contributed by atoms with Crippen LogP contribution >= 0.6 is 0 Å². The van der Waals surface area contributed by atoms with Crippen molar-refractivity contribution in [3.05, 3.63) is 0 Å². The zero-order valence-electron chi connectivity index (χ0n) is 19.5.